The van der Waals surface area contributed by atoms with Crippen LogP contribution < -0.4 is 4.74 Å². The van der Waals surface area contributed by atoms with Gasteiger partial charge in [0.25, 0.3) is 0 Å². The van der Waals surface area contributed by atoms with Crippen LogP contribution in [0.2, 0.25) is 0 Å². The van der Waals surface area contributed by atoms with Crippen molar-refractivity contribution in [3.05, 3.63) is 95.3 Å². The minimum atomic E-state index is -0.526. The number of para-hydroxylation sites is 1. The molecular formula is C33H41N3O2. The van der Waals surface area contributed by atoms with E-state index in [0.717, 1.165) is 55.6 Å². The Kier molecular flexibility index (Phi) is 9.59. The van der Waals surface area contributed by atoms with Crippen LogP contribution in [0, 0.1) is 0 Å². The largest absolute Gasteiger partial charge is 0.490 e. The van der Waals surface area contributed by atoms with Crippen LogP contribution in [0.5, 0.6) is 5.75 Å². The molecule has 1 N–H and O–H groups in total. The summed E-state index contributed by atoms with van der Waals surface area (Å²) in [6.07, 6.45) is 12.1. The van der Waals surface area contributed by atoms with E-state index in [-0.39, 0.29) is 6.61 Å². The maximum Gasteiger partial charge on any atom is 0.126 e. The molecule has 1 aliphatic carbocycles. The molecule has 1 saturated heterocycles. The summed E-state index contributed by atoms with van der Waals surface area (Å²) >= 11 is 0. The first kappa shape index (κ1) is 26.6. The highest BCUT2D eigenvalue weighted by Crippen LogP contribution is 2.34. The van der Waals surface area contributed by atoms with Crippen LogP contribution >= 0.6 is 0 Å². The first-order chi connectivity index (χ1) is 18.7. The number of hydrogen-bond acceptors (Lipinski definition) is 5. The molecule has 2 heterocycles. The number of aliphatic hydroxyl groups is 1. The van der Waals surface area contributed by atoms with Gasteiger partial charge in [0.15, 0.2) is 0 Å². The SMILES string of the molecule is OC(COc1ccccc1/C=C/c1ccccn1)CN1CCN(Cc2ccccc2C2CCCCC2)CC1. The van der Waals surface area contributed by atoms with E-state index in [2.05, 4.69) is 39.0 Å². The van der Waals surface area contributed by atoms with E-state index in [1.165, 1.54) is 37.7 Å². The van der Waals surface area contributed by atoms with Gasteiger partial charge in [0, 0.05) is 51.0 Å². The summed E-state index contributed by atoms with van der Waals surface area (Å²) in [7, 11) is 0. The topological polar surface area (TPSA) is 48.8 Å². The van der Waals surface area contributed by atoms with Crippen LogP contribution in [-0.2, 0) is 6.54 Å². The molecular weight excluding hydrogens is 470 g/mol. The van der Waals surface area contributed by atoms with E-state index in [1.54, 1.807) is 11.8 Å². The number of β-amino-alcohol motifs (C(OH)–C–C–N with tert-alkyl or cyclic N) is 1. The molecule has 38 heavy (non-hydrogen) atoms. The first-order valence-corrected chi connectivity index (χ1v) is 14.3. The van der Waals surface area contributed by atoms with Gasteiger partial charge >= 0.3 is 0 Å². The fourth-order valence-electron chi connectivity index (χ4n) is 5.80. The Morgan fingerprint density at radius 1 is 0.842 bits per heavy atom. The van der Waals surface area contributed by atoms with Gasteiger partial charge in [0.2, 0.25) is 0 Å². The van der Waals surface area contributed by atoms with Gasteiger partial charge in [-0.25, -0.2) is 0 Å². The van der Waals surface area contributed by atoms with E-state index < -0.39 is 6.10 Å². The Morgan fingerprint density at radius 2 is 1.58 bits per heavy atom. The molecule has 5 nitrogen and oxygen atoms in total. The molecule has 5 heteroatoms. The average Bonchev–Trinajstić information content (AvgIpc) is 2.98. The van der Waals surface area contributed by atoms with Gasteiger partial charge in [0.1, 0.15) is 18.5 Å². The maximum atomic E-state index is 10.7. The molecule has 200 valence electrons. The quantitative estimate of drug-likeness (QED) is 0.370. The molecule has 0 bridgehead atoms. The zero-order valence-electron chi connectivity index (χ0n) is 22.4. The van der Waals surface area contributed by atoms with Crippen LogP contribution in [0.3, 0.4) is 0 Å². The lowest BCUT2D eigenvalue weighted by molar-refractivity contribution is 0.0445. The van der Waals surface area contributed by atoms with Crippen molar-refractivity contribution in [3.63, 3.8) is 0 Å². The summed E-state index contributed by atoms with van der Waals surface area (Å²) in [5.41, 5.74) is 4.97. The molecule has 3 aromatic rings. The average molecular weight is 512 g/mol. The normalized spacial score (nSPS) is 18.6. The molecule has 1 aliphatic heterocycles. The van der Waals surface area contributed by atoms with Crippen LogP contribution in [0.15, 0.2) is 72.9 Å². The van der Waals surface area contributed by atoms with Gasteiger partial charge in [-0.3, -0.25) is 14.8 Å². The van der Waals surface area contributed by atoms with Crippen molar-refractivity contribution in [1.29, 1.82) is 0 Å². The summed E-state index contributed by atoms with van der Waals surface area (Å²) in [6, 6.07) is 22.9. The Bertz CT molecular complexity index is 1150. The van der Waals surface area contributed by atoms with Gasteiger partial charge in [-0.2, -0.15) is 0 Å². The minimum absolute atomic E-state index is 0.281. The predicted octanol–water partition coefficient (Wildman–Crippen LogP) is 5.86. The third kappa shape index (κ3) is 7.53. The number of nitrogens with zero attached hydrogens (tertiary/aromatic N) is 3. The van der Waals surface area contributed by atoms with Gasteiger partial charge in [-0.1, -0.05) is 67.8 Å². The van der Waals surface area contributed by atoms with Crippen molar-refractivity contribution in [2.45, 2.75) is 50.7 Å². The molecule has 2 aromatic carbocycles. The third-order valence-corrected chi connectivity index (χ3v) is 7.90. The van der Waals surface area contributed by atoms with Crippen LogP contribution in [0.4, 0.5) is 0 Å². The molecule has 1 unspecified atom stereocenters. The molecule has 5 rings (SSSR count). The summed E-state index contributed by atoms with van der Waals surface area (Å²) in [4.78, 5) is 9.28. The van der Waals surface area contributed by atoms with Crippen molar-refractivity contribution < 1.29 is 9.84 Å². The smallest absolute Gasteiger partial charge is 0.126 e. The molecule has 2 fully saturated rings. The molecule has 0 amide bonds. The van der Waals surface area contributed by atoms with Crippen LogP contribution in [-0.4, -0.2) is 65.3 Å². The predicted molar refractivity (Wildman–Crippen MR) is 155 cm³/mol. The highest BCUT2D eigenvalue weighted by atomic mass is 16.5. The Hall–Kier alpha value is -2.99. The summed E-state index contributed by atoms with van der Waals surface area (Å²) in [5, 5.41) is 10.7. The van der Waals surface area contributed by atoms with Crippen LogP contribution in [0.1, 0.15) is 60.4 Å². The zero-order chi connectivity index (χ0) is 26.0. The van der Waals surface area contributed by atoms with Gasteiger partial charge in [0.05, 0.1) is 5.69 Å². The lowest BCUT2D eigenvalue weighted by atomic mass is 9.82. The van der Waals surface area contributed by atoms with Gasteiger partial charge in [-0.15, -0.1) is 0 Å². The first-order valence-electron chi connectivity index (χ1n) is 14.3. The van der Waals surface area contributed by atoms with Crippen molar-refractivity contribution in [2.75, 3.05) is 39.3 Å². The monoisotopic (exact) mass is 511 g/mol. The Labute approximate surface area is 227 Å². The van der Waals surface area contributed by atoms with Crippen molar-refractivity contribution in [1.82, 2.24) is 14.8 Å². The molecule has 1 atom stereocenters. The number of benzene rings is 2. The second kappa shape index (κ2) is 13.7. The molecule has 1 aromatic heterocycles. The summed E-state index contributed by atoms with van der Waals surface area (Å²) in [5.74, 6) is 1.52. The van der Waals surface area contributed by atoms with Crippen molar-refractivity contribution in [3.8, 4) is 5.75 Å². The second-order valence-electron chi connectivity index (χ2n) is 10.7. The highest BCUT2D eigenvalue weighted by Gasteiger charge is 2.22. The number of rotatable bonds is 10. The van der Waals surface area contributed by atoms with E-state index >= 15 is 0 Å². The third-order valence-electron chi connectivity index (χ3n) is 7.90. The zero-order valence-corrected chi connectivity index (χ0v) is 22.4. The second-order valence-corrected chi connectivity index (χ2v) is 10.7. The number of aliphatic hydroxyl groups excluding tert-OH is 1. The number of hydrogen-bond donors (Lipinski definition) is 1. The molecule has 2 aliphatic rings. The number of aromatic nitrogens is 1. The fraction of sp³-hybridized carbons (Fsp3) is 0.424. The summed E-state index contributed by atoms with van der Waals surface area (Å²) in [6.45, 7) is 5.98. The minimum Gasteiger partial charge on any atom is -0.490 e. The van der Waals surface area contributed by atoms with Gasteiger partial charge < -0.3 is 9.84 Å². The highest BCUT2D eigenvalue weighted by molar-refractivity contribution is 5.71. The molecule has 0 radical (unpaired) electrons. The van der Waals surface area contributed by atoms with Crippen LogP contribution in [0.25, 0.3) is 12.2 Å². The standard InChI is InChI=1S/C33H41N3O2/c37-31(26-38-33-16-7-5-12-28(33)17-18-30-14-8-9-19-34-30)25-36-22-20-35(21-23-36)24-29-13-4-6-15-32(29)27-10-2-1-3-11-27/h4-9,12-19,27,31,37H,1-3,10-11,20-26H2/b18-17+. The van der Waals surface area contributed by atoms with E-state index in [1.807, 2.05) is 54.6 Å². The van der Waals surface area contributed by atoms with E-state index in [4.69, 9.17) is 4.74 Å². The molecule has 1 saturated carbocycles. The Morgan fingerprint density at radius 3 is 2.39 bits per heavy atom. The summed E-state index contributed by atoms with van der Waals surface area (Å²) < 4.78 is 6.04. The fourth-order valence-corrected chi connectivity index (χ4v) is 5.80. The number of ether oxygens (including phenoxy) is 1. The number of piperazine rings is 1. The van der Waals surface area contributed by atoms with E-state index in [9.17, 15) is 5.11 Å². The lowest BCUT2D eigenvalue weighted by Crippen LogP contribution is -2.48. The van der Waals surface area contributed by atoms with Crippen molar-refractivity contribution in [2.24, 2.45) is 0 Å². The molecule has 0 spiro atoms. The lowest BCUT2D eigenvalue weighted by Gasteiger charge is -2.36. The number of pyridine rings is 1. The van der Waals surface area contributed by atoms with Crippen molar-refractivity contribution >= 4 is 12.2 Å². The maximum absolute atomic E-state index is 10.7. The van der Waals surface area contributed by atoms with E-state index in [0.29, 0.717) is 6.54 Å². The Balaban J connectivity index is 1.08. The van der Waals surface area contributed by atoms with Gasteiger partial charge in [-0.05, 0) is 60.2 Å².